The topological polar surface area (TPSA) is 56.8 Å². The molecule has 0 aromatic heterocycles. The van der Waals surface area contributed by atoms with Gasteiger partial charge in [-0.05, 0) is 24.1 Å². The second-order valence-electron chi connectivity index (χ2n) is 4.48. The maximum Gasteiger partial charge on any atom is 0.370 e. The van der Waals surface area contributed by atoms with Crippen LogP contribution in [0.4, 0.5) is 0 Å². The number of rotatable bonds is 5. The second-order valence-corrected chi connectivity index (χ2v) is 8.22. The van der Waals surface area contributed by atoms with Crippen molar-refractivity contribution in [3.63, 3.8) is 0 Å². The molecule has 0 spiro atoms. The Labute approximate surface area is 112 Å². The molecule has 109 valence electrons. The highest BCUT2D eigenvalue weighted by atomic mass is 28.4. The van der Waals surface area contributed by atoms with Crippen LogP contribution in [0.3, 0.4) is 0 Å². The molecule has 1 aliphatic heterocycles. The summed E-state index contributed by atoms with van der Waals surface area (Å²) in [6.07, 6.45) is 5.70. The highest BCUT2D eigenvalue weighted by Crippen LogP contribution is 2.42. The van der Waals surface area contributed by atoms with Crippen molar-refractivity contribution in [2.24, 2.45) is 0 Å². The Hall–Kier alpha value is 0.0169. The lowest BCUT2D eigenvalue weighted by molar-refractivity contribution is -0.279. The summed E-state index contributed by atoms with van der Waals surface area (Å²) in [6.45, 7) is 2.19. The summed E-state index contributed by atoms with van der Waals surface area (Å²) in [5.74, 6) is 0. The van der Waals surface area contributed by atoms with E-state index in [1.54, 1.807) is 21.3 Å². The van der Waals surface area contributed by atoms with Crippen LogP contribution in [0.5, 0.6) is 0 Å². The lowest BCUT2D eigenvalue weighted by atomic mass is 10.1. The molecule has 5 nitrogen and oxygen atoms in total. The van der Waals surface area contributed by atoms with Gasteiger partial charge in [-0.3, -0.25) is 0 Å². The quantitative estimate of drug-likeness (QED) is 0.441. The second kappa shape index (κ2) is 9.01. The highest BCUT2D eigenvalue weighted by Gasteiger charge is 2.58. The fourth-order valence-corrected chi connectivity index (χ4v) is 6.91. The first-order chi connectivity index (χ1) is 8.61. The van der Waals surface area contributed by atoms with Gasteiger partial charge in [0.1, 0.15) is 5.22 Å². The van der Waals surface area contributed by atoms with Crippen LogP contribution in [0, 0.1) is 0 Å². The molecule has 18 heavy (non-hydrogen) atoms. The van der Waals surface area contributed by atoms with Crippen molar-refractivity contribution in [3.05, 3.63) is 0 Å². The number of hydrogen-bond donors (Lipinski definition) is 0. The first-order valence-corrected chi connectivity index (χ1v) is 8.45. The van der Waals surface area contributed by atoms with Crippen molar-refractivity contribution in [2.75, 3.05) is 28.4 Å². The maximum atomic E-state index is 8.43. The molecule has 1 heterocycles. The summed E-state index contributed by atoms with van der Waals surface area (Å²) in [6, 6.07) is 1.06. The lowest BCUT2D eigenvalue weighted by Gasteiger charge is -2.47. The Balaban J connectivity index is 0.000000873. The molecule has 0 aromatic carbocycles. The van der Waals surface area contributed by atoms with Crippen molar-refractivity contribution < 1.29 is 23.7 Å². The molecular weight excluding hydrogens is 252 g/mol. The van der Waals surface area contributed by atoms with E-state index in [4.69, 9.17) is 18.8 Å². The molecule has 1 fully saturated rings. The third kappa shape index (κ3) is 3.75. The molecule has 1 aliphatic rings. The van der Waals surface area contributed by atoms with Gasteiger partial charge in [0.05, 0.1) is 7.11 Å². The summed E-state index contributed by atoms with van der Waals surface area (Å²) in [4.78, 5) is 3.00. The summed E-state index contributed by atoms with van der Waals surface area (Å²) < 4.78 is 17.4. The molecule has 0 aliphatic carbocycles. The molecule has 0 amide bonds. The summed E-state index contributed by atoms with van der Waals surface area (Å²) >= 11 is 0. The van der Waals surface area contributed by atoms with E-state index >= 15 is 0 Å². The highest BCUT2D eigenvalue weighted by molar-refractivity contribution is 6.70. The minimum atomic E-state index is -2.15. The van der Waals surface area contributed by atoms with Crippen LogP contribution in [-0.2, 0) is 23.7 Å². The van der Waals surface area contributed by atoms with Crippen molar-refractivity contribution in [2.45, 2.75) is 50.3 Å². The molecular formula is C12H27O5Si. The van der Waals surface area contributed by atoms with Crippen molar-refractivity contribution in [1.82, 2.24) is 0 Å². The third-order valence-electron chi connectivity index (χ3n) is 3.73. The molecule has 1 rings (SSSR count). The Morgan fingerprint density at radius 3 is 2.06 bits per heavy atom. The predicted molar refractivity (Wildman–Crippen MR) is 70.8 cm³/mol. The molecule has 1 unspecified atom stereocenters. The Morgan fingerprint density at radius 1 is 1.11 bits per heavy atom. The minimum Gasteiger partial charge on any atom is -0.396 e. The van der Waals surface area contributed by atoms with Crippen molar-refractivity contribution in [1.29, 1.82) is 0 Å². The number of hydrogen-bond acceptors (Lipinski definition) is 4. The van der Waals surface area contributed by atoms with E-state index in [0.29, 0.717) is 0 Å². The summed E-state index contributed by atoms with van der Waals surface area (Å²) in [5.41, 5.74) is 0. The van der Waals surface area contributed by atoms with Crippen molar-refractivity contribution >= 4 is 8.56 Å². The van der Waals surface area contributed by atoms with Gasteiger partial charge < -0.3 is 13.6 Å². The van der Waals surface area contributed by atoms with Crippen LogP contribution < -0.4 is 0 Å². The van der Waals surface area contributed by atoms with Gasteiger partial charge in [0.15, 0.2) is 0 Å². The van der Waals surface area contributed by atoms with Gasteiger partial charge in [-0.1, -0.05) is 26.2 Å². The van der Waals surface area contributed by atoms with E-state index < -0.39 is 8.56 Å². The molecule has 0 N–H and O–H groups in total. The number of methoxy groups -OCH3 is 1. The fraction of sp³-hybridized carbons (Fsp3) is 1.00. The Morgan fingerprint density at radius 2 is 1.67 bits per heavy atom. The molecule has 0 aromatic rings. The zero-order valence-corrected chi connectivity index (χ0v) is 13.3. The van der Waals surface area contributed by atoms with E-state index in [0.717, 1.165) is 32.4 Å². The van der Waals surface area contributed by atoms with E-state index in [-0.39, 0.29) is 5.22 Å². The van der Waals surface area contributed by atoms with Gasteiger partial charge in [0.2, 0.25) is 0 Å². The average molecular weight is 279 g/mol. The van der Waals surface area contributed by atoms with E-state index in [2.05, 4.69) is 11.8 Å². The summed E-state index contributed by atoms with van der Waals surface area (Å²) in [7, 11) is 4.29. The first kappa shape index (κ1) is 18.0. The van der Waals surface area contributed by atoms with E-state index in [9.17, 15) is 0 Å². The molecule has 6 heteroatoms. The monoisotopic (exact) mass is 279 g/mol. The third-order valence-corrected chi connectivity index (χ3v) is 8.16. The van der Waals surface area contributed by atoms with Gasteiger partial charge in [-0.15, -0.1) is 0 Å². The molecule has 0 bridgehead atoms. The van der Waals surface area contributed by atoms with Gasteiger partial charge in [-0.25, -0.2) is 4.89 Å². The smallest absolute Gasteiger partial charge is 0.370 e. The normalized spacial score (nSPS) is 26.3. The maximum absolute atomic E-state index is 8.43. The number of ether oxygens (including phenoxy) is 1. The Kier molecular flexibility index (Phi) is 9.01. The molecule has 1 atom stereocenters. The average Bonchev–Trinajstić information content (AvgIpc) is 2.40. The van der Waals surface area contributed by atoms with Crippen LogP contribution in [0.15, 0.2) is 0 Å². The van der Waals surface area contributed by atoms with Crippen LogP contribution in [0.25, 0.3) is 0 Å². The van der Waals surface area contributed by atoms with Gasteiger partial charge in [0, 0.05) is 21.3 Å². The SMILES string of the molecule is CCCC1(OC)CCCC[Si]1(OC)OC.CO[O]. The van der Waals surface area contributed by atoms with Crippen LogP contribution in [0.2, 0.25) is 6.04 Å². The predicted octanol–water partition coefficient (Wildman–Crippen LogP) is 2.61. The van der Waals surface area contributed by atoms with Gasteiger partial charge >= 0.3 is 8.56 Å². The Bertz CT molecular complexity index is 207. The minimum absolute atomic E-state index is 0.122. The van der Waals surface area contributed by atoms with Crippen LogP contribution in [0.1, 0.15) is 39.0 Å². The summed E-state index contributed by atoms with van der Waals surface area (Å²) in [5, 5.41) is 8.31. The zero-order valence-electron chi connectivity index (χ0n) is 12.3. The van der Waals surface area contributed by atoms with E-state index in [1.165, 1.54) is 12.8 Å². The van der Waals surface area contributed by atoms with Crippen LogP contribution in [-0.4, -0.2) is 42.2 Å². The largest absolute Gasteiger partial charge is 0.396 e. The van der Waals surface area contributed by atoms with Gasteiger partial charge in [-0.2, -0.15) is 0 Å². The van der Waals surface area contributed by atoms with E-state index in [1.807, 2.05) is 0 Å². The fourth-order valence-electron chi connectivity index (χ4n) is 2.92. The zero-order chi connectivity index (χ0) is 14.1. The molecule has 0 saturated carbocycles. The standard InChI is InChI=1S/C11H24O3Si.CH3O2/c1-5-8-11(12-2)9-6-7-10-15(11,13-3)14-4;1-3-2/h5-10H2,1-4H3;1H3. The van der Waals surface area contributed by atoms with Gasteiger partial charge in [0.25, 0.3) is 0 Å². The van der Waals surface area contributed by atoms with Crippen LogP contribution >= 0.6 is 0 Å². The molecule has 1 saturated heterocycles. The molecule has 1 radical (unpaired) electrons. The van der Waals surface area contributed by atoms with Crippen molar-refractivity contribution in [3.8, 4) is 0 Å². The first-order valence-electron chi connectivity index (χ1n) is 6.43. The lowest BCUT2D eigenvalue weighted by Crippen LogP contribution is -2.64.